The second-order valence-electron chi connectivity index (χ2n) is 4.83. The van der Waals surface area contributed by atoms with E-state index in [9.17, 15) is 0 Å². The lowest BCUT2D eigenvalue weighted by Gasteiger charge is -2.16. The second-order valence-corrected chi connectivity index (χ2v) is 4.83. The van der Waals surface area contributed by atoms with Crippen molar-refractivity contribution in [2.45, 2.75) is 32.2 Å². The Morgan fingerprint density at radius 2 is 2.05 bits per heavy atom. The van der Waals surface area contributed by atoms with E-state index < -0.39 is 0 Å². The molecule has 0 spiro atoms. The highest BCUT2D eigenvalue weighted by Gasteiger charge is 2.11. The summed E-state index contributed by atoms with van der Waals surface area (Å²) in [6.07, 6.45) is 6.43. The molecule has 1 aromatic carbocycles. The molecule has 0 saturated carbocycles. The molecule has 20 heavy (non-hydrogen) atoms. The van der Waals surface area contributed by atoms with Crippen LogP contribution < -0.4 is 16.0 Å². The molecule has 0 fully saturated rings. The zero-order valence-electron chi connectivity index (χ0n) is 11.8. The maximum absolute atomic E-state index is 5.65. The van der Waals surface area contributed by atoms with Crippen molar-refractivity contribution in [1.29, 1.82) is 0 Å². The fourth-order valence-corrected chi connectivity index (χ4v) is 2.05. The summed E-state index contributed by atoms with van der Waals surface area (Å²) < 4.78 is 10.7. The van der Waals surface area contributed by atoms with E-state index in [2.05, 4.69) is 12.3 Å². The van der Waals surface area contributed by atoms with Crippen LogP contribution in [-0.4, -0.2) is 6.61 Å². The Kier molecular flexibility index (Phi) is 5.65. The lowest BCUT2D eigenvalue weighted by Crippen LogP contribution is -2.29. The number of ether oxygens (including phenoxy) is 1. The number of hydrazine groups is 1. The van der Waals surface area contributed by atoms with E-state index in [1.54, 1.807) is 12.5 Å². The number of benzene rings is 1. The van der Waals surface area contributed by atoms with Crippen molar-refractivity contribution in [3.63, 3.8) is 0 Å². The number of nitrogens with one attached hydrogen (secondary N) is 1. The van der Waals surface area contributed by atoms with Gasteiger partial charge in [-0.3, -0.25) is 11.3 Å². The fourth-order valence-electron chi connectivity index (χ4n) is 2.05. The van der Waals surface area contributed by atoms with E-state index >= 15 is 0 Å². The summed E-state index contributed by atoms with van der Waals surface area (Å²) in [7, 11) is 0. The fraction of sp³-hybridized carbons (Fsp3) is 0.375. The SMILES string of the molecule is CCCCOc1ccc(C(Cc2ccoc2)NN)cc1. The van der Waals surface area contributed by atoms with Gasteiger partial charge >= 0.3 is 0 Å². The van der Waals surface area contributed by atoms with Crippen molar-refractivity contribution in [1.82, 2.24) is 5.43 Å². The first kappa shape index (κ1) is 14.6. The van der Waals surface area contributed by atoms with Crippen LogP contribution in [0.15, 0.2) is 47.3 Å². The molecule has 0 amide bonds. The van der Waals surface area contributed by atoms with Crippen LogP contribution in [0.1, 0.15) is 36.9 Å². The van der Waals surface area contributed by atoms with E-state index in [1.807, 2.05) is 30.3 Å². The Hall–Kier alpha value is -1.78. The van der Waals surface area contributed by atoms with Crippen LogP contribution >= 0.6 is 0 Å². The highest BCUT2D eigenvalue weighted by atomic mass is 16.5. The molecular weight excluding hydrogens is 252 g/mol. The predicted octanol–water partition coefficient (Wildman–Crippen LogP) is 3.21. The minimum absolute atomic E-state index is 0.0669. The van der Waals surface area contributed by atoms with Crippen molar-refractivity contribution in [2.24, 2.45) is 5.84 Å². The Labute approximate surface area is 119 Å². The van der Waals surface area contributed by atoms with E-state index in [0.29, 0.717) is 0 Å². The van der Waals surface area contributed by atoms with Crippen molar-refractivity contribution in [3.8, 4) is 5.75 Å². The van der Waals surface area contributed by atoms with Gasteiger partial charge in [-0.2, -0.15) is 0 Å². The summed E-state index contributed by atoms with van der Waals surface area (Å²) >= 11 is 0. The normalized spacial score (nSPS) is 12.3. The molecule has 1 heterocycles. The van der Waals surface area contributed by atoms with E-state index in [-0.39, 0.29) is 6.04 Å². The predicted molar refractivity (Wildman–Crippen MR) is 79.3 cm³/mol. The van der Waals surface area contributed by atoms with Gasteiger partial charge in [-0.05, 0) is 42.2 Å². The van der Waals surface area contributed by atoms with Crippen LogP contribution in [0.25, 0.3) is 0 Å². The van der Waals surface area contributed by atoms with Crippen LogP contribution in [0.4, 0.5) is 0 Å². The maximum atomic E-state index is 5.65. The minimum Gasteiger partial charge on any atom is -0.494 e. The van der Waals surface area contributed by atoms with Gasteiger partial charge in [0.25, 0.3) is 0 Å². The molecule has 0 saturated heterocycles. The van der Waals surface area contributed by atoms with Crippen molar-refractivity contribution >= 4 is 0 Å². The zero-order chi connectivity index (χ0) is 14.2. The first-order chi connectivity index (χ1) is 9.83. The zero-order valence-corrected chi connectivity index (χ0v) is 11.8. The molecule has 0 aliphatic carbocycles. The molecule has 1 aromatic heterocycles. The Morgan fingerprint density at radius 1 is 1.25 bits per heavy atom. The van der Waals surface area contributed by atoms with Gasteiger partial charge in [-0.1, -0.05) is 25.5 Å². The molecule has 0 aliphatic heterocycles. The monoisotopic (exact) mass is 274 g/mol. The Balaban J connectivity index is 1.96. The lowest BCUT2D eigenvalue weighted by molar-refractivity contribution is 0.309. The molecule has 2 rings (SSSR count). The topological polar surface area (TPSA) is 60.4 Å². The summed E-state index contributed by atoms with van der Waals surface area (Å²) in [5, 5.41) is 0. The highest BCUT2D eigenvalue weighted by molar-refractivity contribution is 5.30. The van der Waals surface area contributed by atoms with Gasteiger partial charge in [0.2, 0.25) is 0 Å². The van der Waals surface area contributed by atoms with Gasteiger partial charge in [0, 0.05) is 0 Å². The van der Waals surface area contributed by atoms with Gasteiger partial charge in [-0.15, -0.1) is 0 Å². The van der Waals surface area contributed by atoms with Crippen LogP contribution in [0.2, 0.25) is 0 Å². The van der Waals surface area contributed by atoms with Crippen LogP contribution in [0.3, 0.4) is 0 Å². The third kappa shape index (κ3) is 4.11. The molecule has 0 aliphatic rings. The Bertz CT molecular complexity index is 480. The number of rotatable bonds is 8. The summed E-state index contributed by atoms with van der Waals surface area (Å²) in [4.78, 5) is 0. The molecule has 1 atom stereocenters. The standard InChI is InChI=1S/C16H22N2O2/c1-2-3-9-20-15-6-4-14(5-7-15)16(18-17)11-13-8-10-19-12-13/h4-8,10,12,16,18H,2-3,9,11,17H2,1H3. The molecule has 0 bridgehead atoms. The number of furan rings is 1. The molecule has 4 heteroatoms. The first-order valence-corrected chi connectivity index (χ1v) is 7.03. The van der Waals surface area contributed by atoms with E-state index in [1.165, 1.54) is 0 Å². The quantitative estimate of drug-likeness (QED) is 0.441. The smallest absolute Gasteiger partial charge is 0.119 e. The van der Waals surface area contributed by atoms with Crippen molar-refractivity contribution < 1.29 is 9.15 Å². The van der Waals surface area contributed by atoms with E-state index in [0.717, 1.165) is 42.7 Å². The van der Waals surface area contributed by atoms with Crippen LogP contribution in [0.5, 0.6) is 5.75 Å². The van der Waals surface area contributed by atoms with Gasteiger partial charge in [0.1, 0.15) is 5.75 Å². The largest absolute Gasteiger partial charge is 0.494 e. The summed E-state index contributed by atoms with van der Waals surface area (Å²) in [6.45, 7) is 2.92. The summed E-state index contributed by atoms with van der Waals surface area (Å²) in [5.74, 6) is 6.55. The number of unbranched alkanes of at least 4 members (excludes halogenated alkanes) is 1. The molecule has 4 nitrogen and oxygen atoms in total. The molecule has 108 valence electrons. The van der Waals surface area contributed by atoms with E-state index in [4.69, 9.17) is 15.0 Å². The van der Waals surface area contributed by atoms with Crippen LogP contribution in [-0.2, 0) is 6.42 Å². The maximum Gasteiger partial charge on any atom is 0.119 e. The summed E-state index contributed by atoms with van der Waals surface area (Å²) in [6, 6.07) is 10.1. The molecule has 1 unspecified atom stereocenters. The van der Waals surface area contributed by atoms with Crippen molar-refractivity contribution in [2.75, 3.05) is 6.61 Å². The van der Waals surface area contributed by atoms with Gasteiger partial charge in [0.15, 0.2) is 0 Å². The number of nitrogens with two attached hydrogens (primary N) is 1. The lowest BCUT2D eigenvalue weighted by atomic mass is 10.0. The molecule has 3 N–H and O–H groups in total. The van der Waals surface area contributed by atoms with Crippen molar-refractivity contribution in [3.05, 3.63) is 54.0 Å². The number of hydrogen-bond acceptors (Lipinski definition) is 4. The van der Waals surface area contributed by atoms with Crippen LogP contribution in [0, 0.1) is 0 Å². The number of hydrogen-bond donors (Lipinski definition) is 2. The molecule has 0 radical (unpaired) electrons. The average molecular weight is 274 g/mol. The van der Waals surface area contributed by atoms with Gasteiger partial charge in [-0.25, -0.2) is 0 Å². The molecular formula is C16H22N2O2. The second kappa shape index (κ2) is 7.72. The summed E-state index contributed by atoms with van der Waals surface area (Å²) in [5.41, 5.74) is 5.10. The first-order valence-electron chi connectivity index (χ1n) is 7.03. The van der Waals surface area contributed by atoms with Gasteiger partial charge in [0.05, 0.1) is 25.2 Å². The Morgan fingerprint density at radius 3 is 2.65 bits per heavy atom. The average Bonchev–Trinajstić information content (AvgIpc) is 2.99. The molecule has 2 aromatic rings. The third-order valence-corrected chi connectivity index (χ3v) is 3.27. The van der Waals surface area contributed by atoms with Gasteiger partial charge < -0.3 is 9.15 Å². The minimum atomic E-state index is 0.0669. The third-order valence-electron chi connectivity index (χ3n) is 3.27. The highest BCUT2D eigenvalue weighted by Crippen LogP contribution is 2.21.